The lowest BCUT2D eigenvalue weighted by Crippen LogP contribution is -2.32. The van der Waals surface area contributed by atoms with Crippen LogP contribution in [0.1, 0.15) is 35.6 Å². The van der Waals surface area contributed by atoms with Crippen LogP contribution in [-0.4, -0.2) is 12.0 Å². The summed E-state index contributed by atoms with van der Waals surface area (Å²) in [6, 6.07) is 11.8. The van der Waals surface area contributed by atoms with E-state index in [0.29, 0.717) is 6.42 Å². The summed E-state index contributed by atoms with van der Waals surface area (Å²) in [7, 11) is 0. The van der Waals surface area contributed by atoms with Crippen molar-refractivity contribution >= 4 is 11.6 Å². The van der Waals surface area contributed by atoms with Gasteiger partial charge in [0.1, 0.15) is 5.75 Å². The minimum Gasteiger partial charge on any atom is -0.481 e. The standard InChI is InChI=1S/C20H25NO2/c1-6-19(23-17-11-10-13(2)15(4)12-17)20(22)21-18-9-7-8-14(3)16(18)5/h7-12,19H,6H2,1-5H3,(H,21,22). The lowest BCUT2D eigenvalue weighted by Gasteiger charge is -2.19. The maximum absolute atomic E-state index is 12.5. The molecule has 2 aromatic carbocycles. The Bertz CT molecular complexity index is 707. The van der Waals surface area contributed by atoms with Crippen molar-refractivity contribution in [2.45, 2.75) is 47.1 Å². The third-order valence-electron chi connectivity index (χ3n) is 4.28. The van der Waals surface area contributed by atoms with Crippen LogP contribution in [0.4, 0.5) is 5.69 Å². The zero-order valence-corrected chi connectivity index (χ0v) is 14.6. The van der Waals surface area contributed by atoms with E-state index in [1.165, 1.54) is 5.56 Å². The fourth-order valence-corrected chi connectivity index (χ4v) is 2.37. The molecular formula is C20H25NO2. The highest BCUT2D eigenvalue weighted by Gasteiger charge is 2.19. The van der Waals surface area contributed by atoms with E-state index < -0.39 is 6.10 Å². The van der Waals surface area contributed by atoms with Crippen LogP contribution in [0.15, 0.2) is 36.4 Å². The molecule has 3 heteroatoms. The molecule has 1 atom stereocenters. The summed E-state index contributed by atoms with van der Waals surface area (Å²) in [6.07, 6.45) is 0.112. The Morgan fingerprint density at radius 2 is 1.78 bits per heavy atom. The molecule has 3 nitrogen and oxygen atoms in total. The maximum Gasteiger partial charge on any atom is 0.265 e. The van der Waals surface area contributed by atoms with Crippen molar-refractivity contribution in [3.05, 3.63) is 58.7 Å². The molecule has 0 fully saturated rings. The molecule has 2 rings (SSSR count). The summed E-state index contributed by atoms with van der Waals surface area (Å²) >= 11 is 0. The predicted octanol–water partition coefficient (Wildman–Crippen LogP) is 4.72. The van der Waals surface area contributed by atoms with Crippen LogP contribution in [0.25, 0.3) is 0 Å². The van der Waals surface area contributed by atoms with Gasteiger partial charge in [0.05, 0.1) is 0 Å². The number of amides is 1. The smallest absolute Gasteiger partial charge is 0.265 e. The monoisotopic (exact) mass is 311 g/mol. The van der Waals surface area contributed by atoms with Gasteiger partial charge in [0.2, 0.25) is 0 Å². The van der Waals surface area contributed by atoms with Crippen molar-refractivity contribution < 1.29 is 9.53 Å². The molecule has 0 saturated carbocycles. The van der Waals surface area contributed by atoms with Gasteiger partial charge < -0.3 is 10.1 Å². The second-order valence-corrected chi connectivity index (χ2v) is 6.00. The zero-order chi connectivity index (χ0) is 17.0. The number of benzene rings is 2. The number of hydrogen-bond acceptors (Lipinski definition) is 2. The third kappa shape index (κ3) is 4.13. The van der Waals surface area contributed by atoms with Crippen LogP contribution in [0.2, 0.25) is 0 Å². The van der Waals surface area contributed by atoms with Crippen LogP contribution in [-0.2, 0) is 4.79 Å². The van der Waals surface area contributed by atoms with Crippen molar-refractivity contribution in [1.29, 1.82) is 0 Å². The summed E-state index contributed by atoms with van der Waals surface area (Å²) in [5, 5.41) is 2.98. The van der Waals surface area contributed by atoms with Gasteiger partial charge in [-0.2, -0.15) is 0 Å². The van der Waals surface area contributed by atoms with Gasteiger partial charge >= 0.3 is 0 Å². The molecule has 1 amide bonds. The second-order valence-electron chi connectivity index (χ2n) is 6.00. The molecule has 2 aromatic rings. The highest BCUT2D eigenvalue weighted by molar-refractivity contribution is 5.95. The minimum absolute atomic E-state index is 0.112. The van der Waals surface area contributed by atoms with Gasteiger partial charge in [-0.25, -0.2) is 0 Å². The maximum atomic E-state index is 12.5. The van der Waals surface area contributed by atoms with Crippen molar-refractivity contribution in [2.75, 3.05) is 5.32 Å². The number of hydrogen-bond donors (Lipinski definition) is 1. The summed E-state index contributed by atoms with van der Waals surface area (Å²) in [4.78, 5) is 12.5. The molecule has 0 spiro atoms. The number of anilines is 1. The van der Waals surface area contributed by atoms with Crippen molar-refractivity contribution in [3.63, 3.8) is 0 Å². The average Bonchev–Trinajstić information content (AvgIpc) is 2.52. The van der Waals surface area contributed by atoms with E-state index in [1.54, 1.807) is 0 Å². The Morgan fingerprint density at radius 1 is 1.04 bits per heavy atom. The summed E-state index contributed by atoms with van der Waals surface area (Å²) < 4.78 is 5.89. The summed E-state index contributed by atoms with van der Waals surface area (Å²) in [6.45, 7) is 10.1. The molecule has 0 aliphatic rings. The molecular weight excluding hydrogens is 286 g/mol. The van der Waals surface area contributed by atoms with Crippen LogP contribution in [0.3, 0.4) is 0 Å². The molecule has 0 radical (unpaired) electrons. The molecule has 0 aliphatic carbocycles. The highest BCUT2D eigenvalue weighted by atomic mass is 16.5. The van der Waals surface area contributed by atoms with E-state index >= 15 is 0 Å². The molecule has 0 saturated heterocycles. The first kappa shape index (κ1) is 17.1. The van der Waals surface area contributed by atoms with Crippen molar-refractivity contribution in [1.82, 2.24) is 0 Å². The molecule has 0 aliphatic heterocycles. The number of aryl methyl sites for hydroxylation is 3. The first-order valence-corrected chi connectivity index (χ1v) is 8.03. The third-order valence-corrected chi connectivity index (χ3v) is 4.28. The lowest BCUT2D eigenvalue weighted by atomic mass is 10.1. The SMILES string of the molecule is CCC(Oc1ccc(C)c(C)c1)C(=O)Nc1cccc(C)c1C. The number of nitrogens with one attached hydrogen (secondary N) is 1. The second kappa shape index (κ2) is 7.32. The van der Waals surface area contributed by atoms with Crippen molar-refractivity contribution in [2.24, 2.45) is 0 Å². The van der Waals surface area contributed by atoms with E-state index in [2.05, 4.69) is 12.2 Å². The number of ether oxygens (including phenoxy) is 1. The molecule has 1 N–H and O–H groups in total. The number of carbonyl (C=O) groups is 1. The lowest BCUT2D eigenvalue weighted by molar-refractivity contribution is -0.122. The Balaban J connectivity index is 2.12. The molecule has 0 bridgehead atoms. The van der Waals surface area contributed by atoms with Crippen LogP contribution < -0.4 is 10.1 Å². The van der Waals surface area contributed by atoms with E-state index in [4.69, 9.17) is 4.74 Å². The average molecular weight is 311 g/mol. The first-order chi connectivity index (χ1) is 10.9. The largest absolute Gasteiger partial charge is 0.481 e. The van der Waals surface area contributed by atoms with Crippen LogP contribution >= 0.6 is 0 Å². The number of rotatable bonds is 5. The number of carbonyl (C=O) groups excluding carboxylic acids is 1. The van der Waals surface area contributed by atoms with Gasteiger partial charge in [-0.15, -0.1) is 0 Å². The van der Waals surface area contributed by atoms with Crippen LogP contribution in [0.5, 0.6) is 5.75 Å². The Labute approximate surface area is 138 Å². The summed E-state index contributed by atoms with van der Waals surface area (Å²) in [5.74, 6) is 0.621. The fourth-order valence-electron chi connectivity index (χ4n) is 2.37. The molecule has 122 valence electrons. The van der Waals surface area contributed by atoms with Gasteiger partial charge in [0.25, 0.3) is 5.91 Å². The molecule has 0 heterocycles. The molecule has 0 aromatic heterocycles. The highest BCUT2D eigenvalue weighted by Crippen LogP contribution is 2.21. The quantitative estimate of drug-likeness (QED) is 0.868. The Kier molecular flexibility index (Phi) is 5.43. The molecule has 1 unspecified atom stereocenters. The van der Waals surface area contributed by atoms with Gasteiger partial charge in [-0.3, -0.25) is 4.79 Å². The van der Waals surface area contributed by atoms with Gasteiger partial charge in [0, 0.05) is 5.69 Å². The zero-order valence-electron chi connectivity index (χ0n) is 14.6. The Hall–Kier alpha value is -2.29. The van der Waals surface area contributed by atoms with Gasteiger partial charge in [0.15, 0.2) is 6.10 Å². The van der Waals surface area contributed by atoms with E-state index in [9.17, 15) is 4.79 Å². The first-order valence-electron chi connectivity index (χ1n) is 8.03. The normalized spacial score (nSPS) is 11.9. The topological polar surface area (TPSA) is 38.3 Å². The molecule has 23 heavy (non-hydrogen) atoms. The fraction of sp³-hybridized carbons (Fsp3) is 0.350. The van der Waals surface area contributed by atoms with Crippen molar-refractivity contribution in [3.8, 4) is 5.75 Å². The minimum atomic E-state index is -0.503. The Morgan fingerprint density at radius 3 is 2.43 bits per heavy atom. The van der Waals surface area contributed by atoms with E-state index in [1.807, 2.05) is 64.1 Å². The predicted molar refractivity (Wildman–Crippen MR) is 95.2 cm³/mol. The van der Waals surface area contributed by atoms with Gasteiger partial charge in [-0.05, 0) is 74.6 Å². The van der Waals surface area contributed by atoms with E-state index in [0.717, 1.165) is 28.1 Å². The van der Waals surface area contributed by atoms with E-state index in [-0.39, 0.29) is 5.91 Å². The van der Waals surface area contributed by atoms with Crippen LogP contribution in [0, 0.1) is 27.7 Å². The summed E-state index contributed by atoms with van der Waals surface area (Å²) in [5.41, 5.74) is 5.46. The van der Waals surface area contributed by atoms with Gasteiger partial charge in [-0.1, -0.05) is 25.1 Å².